The smallest absolute Gasteiger partial charge is 0.213 e. The molecule has 0 fully saturated rings. The van der Waals surface area contributed by atoms with E-state index in [4.69, 9.17) is 4.74 Å². The lowest BCUT2D eigenvalue weighted by molar-refractivity contribution is 0.161. The highest BCUT2D eigenvalue weighted by Gasteiger charge is 2.05. The molecule has 0 saturated heterocycles. The van der Waals surface area contributed by atoms with Gasteiger partial charge in [0, 0.05) is 25.0 Å². The molecular formula is C12H16N4O2. The van der Waals surface area contributed by atoms with Crippen LogP contribution in [0.25, 0.3) is 0 Å². The van der Waals surface area contributed by atoms with E-state index in [-0.39, 0.29) is 0 Å². The third-order valence-corrected chi connectivity index (χ3v) is 2.44. The Bertz CT molecular complexity index is 455. The third kappa shape index (κ3) is 3.46. The van der Waals surface area contributed by atoms with Crippen molar-refractivity contribution < 1.29 is 9.84 Å². The van der Waals surface area contributed by atoms with Gasteiger partial charge in [-0.1, -0.05) is 0 Å². The zero-order valence-electron chi connectivity index (χ0n) is 10.2. The largest absolute Gasteiger partial charge is 0.481 e. The molecule has 2 N–H and O–H groups in total. The molecule has 0 aromatic carbocycles. The van der Waals surface area contributed by atoms with Crippen molar-refractivity contribution in [1.29, 1.82) is 0 Å². The molecule has 0 aliphatic heterocycles. The average molecular weight is 248 g/mol. The second-order valence-electron chi connectivity index (χ2n) is 3.85. The molecule has 0 bridgehead atoms. The zero-order chi connectivity index (χ0) is 12.8. The van der Waals surface area contributed by atoms with Crippen LogP contribution < -0.4 is 10.1 Å². The Hall–Kier alpha value is -2.08. The highest BCUT2D eigenvalue weighted by atomic mass is 16.5. The van der Waals surface area contributed by atoms with E-state index in [1.54, 1.807) is 30.3 Å². The molecule has 96 valence electrons. The Labute approximate surface area is 105 Å². The molecule has 0 amide bonds. The summed E-state index contributed by atoms with van der Waals surface area (Å²) in [7, 11) is 1.57. The van der Waals surface area contributed by atoms with Gasteiger partial charge in [0.1, 0.15) is 0 Å². The molecule has 2 aromatic rings. The molecule has 1 atom stereocenters. The van der Waals surface area contributed by atoms with Crippen molar-refractivity contribution in [3.63, 3.8) is 0 Å². The monoisotopic (exact) mass is 248 g/mol. The van der Waals surface area contributed by atoms with Gasteiger partial charge < -0.3 is 15.2 Å². The van der Waals surface area contributed by atoms with Crippen molar-refractivity contribution >= 4 is 5.69 Å². The summed E-state index contributed by atoms with van der Waals surface area (Å²) in [5.74, 6) is 0.567. The molecule has 6 heteroatoms. The molecule has 2 rings (SSSR count). The summed E-state index contributed by atoms with van der Waals surface area (Å²) in [4.78, 5) is 4.07. The number of rotatable bonds is 6. The van der Waals surface area contributed by atoms with Crippen LogP contribution in [0.2, 0.25) is 0 Å². The maximum Gasteiger partial charge on any atom is 0.213 e. The highest BCUT2D eigenvalue weighted by molar-refractivity contribution is 5.42. The van der Waals surface area contributed by atoms with Gasteiger partial charge >= 0.3 is 0 Å². The van der Waals surface area contributed by atoms with Crippen LogP contribution in [0.5, 0.6) is 5.88 Å². The summed E-state index contributed by atoms with van der Waals surface area (Å²) in [6, 6.07) is 5.45. The number of hydrogen-bond donors (Lipinski definition) is 2. The van der Waals surface area contributed by atoms with Crippen LogP contribution in [-0.4, -0.2) is 39.6 Å². The fraction of sp³-hybridized carbons (Fsp3) is 0.333. The predicted octanol–water partition coefficient (Wildman–Crippen LogP) is 0.760. The van der Waals surface area contributed by atoms with Crippen LogP contribution in [0.1, 0.15) is 0 Å². The number of nitrogens with zero attached hydrogens (tertiary/aromatic N) is 3. The Balaban J connectivity index is 1.79. The van der Waals surface area contributed by atoms with Gasteiger partial charge in [-0.05, 0) is 12.1 Å². The molecule has 18 heavy (non-hydrogen) atoms. The summed E-state index contributed by atoms with van der Waals surface area (Å²) >= 11 is 0. The number of pyridine rings is 1. The number of methoxy groups -OCH3 is 1. The molecule has 0 radical (unpaired) electrons. The minimum absolute atomic E-state index is 0.438. The van der Waals surface area contributed by atoms with Crippen LogP contribution in [0.4, 0.5) is 5.69 Å². The van der Waals surface area contributed by atoms with E-state index in [9.17, 15) is 5.11 Å². The summed E-state index contributed by atoms with van der Waals surface area (Å²) in [5.41, 5.74) is 0.843. The van der Waals surface area contributed by atoms with E-state index in [1.165, 1.54) is 0 Å². The van der Waals surface area contributed by atoms with E-state index in [2.05, 4.69) is 15.4 Å². The molecule has 0 spiro atoms. The molecule has 0 aliphatic carbocycles. The van der Waals surface area contributed by atoms with Crippen molar-refractivity contribution in [2.24, 2.45) is 0 Å². The van der Waals surface area contributed by atoms with Crippen molar-refractivity contribution in [2.45, 2.75) is 12.6 Å². The van der Waals surface area contributed by atoms with Gasteiger partial charge in [0.25, 0.3) is 0 Å². The summed E-state index contributed by atoms with van der Waals surface area (Å²) in [6.07, 6.45) is 4.66. The summed E-state index contributed by atoms with van der Waals surface area (Å²) in [6.45, 7) is 0.900. The molecule has 0 aliphatic rings. The number of aromatic nitrogens is 3. The quantitative estimate of drug-likeness (QED) is 0.789. The fourth-order valence-electron chi connectivity index (χ4n) is 1.53. The Morgan fingerprint density at radius 3 is 3.00 bits per heavy atom. The third-order valence-electron chi connectivity index (χ3n) is 2.44. The number of aliphatic hydroxyl groups excluding tert-OH is 1. The first-order chi connectivity index (χ1) is 8.78. The van der Waals surface area contributed by atoms with Crippen molar-refractivity contribution in [2.75, 3.05) is 19.0 Å². The number of nitrogens with one attached hydrogen (secondary N) is 1. The number of ether oxygens (including phenoxy) is 1. The van der Waals surface area contributed by atoms with Crippen LogP contribution in [0, 0.1) is 0 Å². The Kier molecular flexibility index (Phi) is 4.14. The van der Waals surface area contributed by atoms with Gasteiger partial charge in [-0.15, -0.1) is 0 Å². The highest BCUT2D eigenvalue weighted by Crippen LogP contribution is 2.10. The SMILES string of the molecule is COc1ccc(NCC(O)Cn2cccn2)cn1. The lowest BCUT2D eigenvalue weighted by Gasteiger charge is -2.12. The van der Waals surface area contributed by atoms with E-state index in [0.717, 1.165) is 5.69 Å². The van der Waals surface area contributed by atoms with E-state index in [1.807, 2.05) is 18.3 Å². The normalized spacial score (nSPS) is 12.1. The maximum absolute atomic E-state index is 9.81. The van der Waals surface area contributed by atoms with Gasteiger partial charge in [0.2, 0.25) is 5.88 Å². The van der Waals surface area contributed by atoms with Crippen LogP contribution >= 0.6 is 0 Å². The average Bonchev–Trinajstić information content (AvgIpc) is 2.90. The number of aliphatic hydroxyl groups is 1. The molecular weight excluding hydrogens is 232 g/mol. The predicted molar refractivity (Wildman–Crippen MR) is 67.5 cm³/mol. The fourth-order valence-corrected chi connectivity index (χ4v) is 1.53. The molecule has 2 aromatic heterocycles. The van der Waals surface area contributed by atoms with Crippen LogP contribution in [-0.2, 0) is 6.54 Å². The lowest BCUT2D eigenvalue weighted by atomic mass is 10.3. The van der Waals surface area contributed by atoms with Crippen molar-refractivity contribution in [1.82, 2.24) is 14.8 Å². The van der Waals surface area contributed by atoms with Crippen LogP contribution in [0.15, 0.2) is 36.8 Å². The van der Waals surface area contributed by atoms with E-state index >= 15 is 0 Å². The minimum atomic E-state index is -0.507. The van der Waals surface area contributed by atoms with E-state index in [0.29, 0.717) is 19.0 Å². The first-order valence-corrected chi connectivity index (χ1v) is 5.67. The van der Waals surface area contributed by atoms with Crippen LogP contribution in [0.3, 0.4) is 0 Å². The van der Waals surface area contributed by atoms with Gasteiger partial charge in [-0.25, -0.2) is 4.98 Å². The van der Waals surface area contributed by atoms with Crippen molar-refractivity contribution in [3.05, 3.63) is 36.8 Å². The first-order valence-electron chi connectivity index (χ1n) is 5.67. The Morgan fingerprint density at radius 1 is 1.50 bits per heavy atom. The maximum atomic E-state index is 9.81. The first kappa shape index (κ1) is 12.4. The lowest BCUT2D eigenvalue weighted by Crippen LogP contribution is -2.25. The van der Waals surface area contributed by atoms with E-state index < -0.39 is 6.10 Å². The second kappa shape index (κ2) is 6.02. The Morgan fingerprint density at radius 2 is 2.39 bits per heavy atom. The van der Waals surface area contributed by atoms with Gasteiger partial charge in [0.05, 0.1) is 31.6 Å². The van der Waals surface area contributed by atoms with Crippen molar-refractivity contribution in [3.8, 4) is 5.88 Å². The molecule has 0 saturated carbocycles. The van der Waals surface area contributed by atoms with Gasteiger partial charge in [0.15, 0.2) is 0 Å². The number of anilines is 1. The van der Waals surface area contributed by atoms with Gasteiger partial charge in [-0.3, -0.25) is 4.68 Å². The molecule has 1 unspecified atom stereocenters. The molecule has 2 heterocycles. The minimum Gasteiger partial charge on any atom is -0.481 e. The topological polar surface area (TPSA) is 72.2 Å². The summed E-state index contributed by atoms with van der Waals surface area (Å²) < 4.78 is 6.66. The standard InChI is InChI=1S/C12H16N4O2/c1-18-12-4-3-10(7-14-12)13-8-11(17)9-16-6-2-5-15-16/h2-7,11,13,17H,8-9H2,1H3. The number of hydrogen-bond acceptors (Lipinski definition) is 5. The zero-order valence-corrected chi connectivity index (χ0v) is 10.2. The summed E-state index contributed by atoms with van der Waals surface area (Å²) in [5, 5.41) is 16.9. The van der Waals surface area contributed by atoms with Gasteiger partial charge in [-0.2, -0.15) is 5.10 Å². The molecule has 6 nitrogen and oxygen atoms in total. The second-order valence-corrected chi connectivity index (χ2v) is 3.85.